The predicted octanol–water partition coefficient (Wildman–Crippen LogP) is 6.19. The van der Waals surface area contributed by atoms with Gasteiger partial charge in [-0.3, -0.25) is 14.5 Å². The second kappa shape index (κ2) is 9.98. The van der Waals surface area contributed by atoms with E-state index in [1.165, 1.54) is 10.5 Å². The third-order valence-corrected chi connectivity index (χ3v) is 6.08. The van der Waals surface area contributed by atoms with Crippen molar-refractivity contribution in [1.82, 2.24) is 4.90 Å². The molecule has 2 amide bonds. The highest BCUT2D eigenvalue weighted by Gasteiger charge is 2.34. The minimum absolute atomic E-state index is 0.188. The molecule has 0 saturated carbocycles. The molecule has 0 bridgehead atoms. The summed E-state index contributed by atoms with van der Waals surface area (Å²) in [5.41, 5.74) is 4.30. The van der Waals surface area contributed by atoms with Crippen LogP contribution in [-0.4, -0.2) is 29.2 Å². The molecule has 1 saturated heterocycles. The molecule has 4 nitrogen and oxygen atoms in total. The fourth-order valence-electron chi connectivity index (χ4n) is 3.52. The monoisotopic (exact) mass is 423 g/mol. The molecule has 0 aromatic heterocycles. The highest BCUT2D eigenvalue weighted by Crippen LogP contribution is 2.35. The van der Waals surface area contributed by atoms with Gasteiger partial charge in [0.2, 0.25) is 0 Å². The van der Waals surface area contributed by atoms with Gasteiger partial charge in [0.1, 0.15) is 5.75 Å². The number of thioether (sulfide) groups is 1. The maximum absolute atomic E-state index is 12.9. The van der Waals surface area contributed by atoms with E-state index < -0.39 is 0 Å². The van der Waals surface area contributed by atoms with Crippen molar-refractivity contribution < 1.29 is 14.3 Å². The van der Waals surface area contributed by atoms with Gasteiger partial charge in [-0.2, -0.15) is 0 Å². The Morgan fingerprint density at radius 3 is 2.53 bits per heavy atom. The fourth-order valence-corrected chi connectivity index (χ4v) is 4.38. The molecule has 0 atom stereocenters. The summed E-state index contributed by atoms with van der Waals surface area (Å²) in [6, 6.07) is 14.2. The van der Waals surface area contributed by atoms with Crippen LogP contribution in [0.3, 0.4) is 0 Å². The molecular formula is C25H29NO3S. The summed E-state index contributed by atoms with van der Waals surface area (Å²) in [6.07, 6.45) is 3.45. The zero-order valence-electron chi connectivity index (χ0n) is 18.1. The number of amides is 2. The molecular weight excluding hydrogens is 394 g/mol. The zero-order chi connectivity index (χ0) is 21.7. The molecule has 1 fully saturated rings. The van der Waals surface area contributed by atoms with Gasteiger partial charge < -0.3 is 4.74 Å². The SMILES string of the molecule is CCOc1cc(C)c(C=C2SC(=O)N(CCCc3ccccc3)C2=O)cc1C(C)C. The van der Waals surface area contributed by atoms with Crippen LogP contribution in [0.5, 0.6) is 5.75 Å². The van der Waals surface area contributed by atoms with Gasteiger partial charge in [0, 0.05) is 6.54 Å². The number of nitrogens with zero attached hydrogens (tertiary/aromatic N) is 1. The fraction of sp³-hybridized carbons (Fsp3) is 0.360. The number of hydrogen-bond acceptors (Lipinski definition) is 4. The molecule has 2 aromatic rings. The number of hydrogen-bond donors (Lipinski definition) is 0. The first-order valence-electron chi connectivity index (χ1n) is 10.5. The molecule has 1 aliphatic rings. The summed E-state index contributed by atoms with van der Waals surface area (Å²) in [5.74, 6) is 0.987. The summed E-state index contributed by atoms with van der Waals surface area (Å²) in [7, 11) is 0. The molecule has 0 radical (unpaired) electrons. The molecule has 1 aliphatic heterocycles. The van der Waals surface area contributed by atoms with Gasteiger partial charge in [-0.15, -0.1) is 0 Å². The second-order valence-corrected chi connectivity index (χ2v) is 8.75. The third kappa shape index (κ3) is 5.14. The van der Waals surface area contributed by atoms with Gasteiger partial charge in [0.25, 0.3) is 11.1 Å². The van der Waals surface area contributed by atoms with Crippen molar-refractivity contribution in [2.45, 2.75) is 46.5 Å². The van der Waals surface area contributed by atoms with E-state index in [0.29, 0.717) is 24.0 Å². The third-order valence-electron chi connectivity index (χ3n) is 5.17. The van der Waals surface area contributed by atoms with Crippen LogP contribution < -0.4 is 4.74 Å². The van der Waals surface area contributed by atoms with Gasteiger partial charge in [-0.25, -0.2) is 0 Å². The maximum atomic E-state index is 12.9. The molecule has 3 rings (SSSR count). The minimum Gasteiger partial charge on any atom is -0.494 e. The van der Waals surface area contributed by atoms with Gasteiger partial charge in [-0.1, -0.05) is 44.2 Å². The lowest BCUT2D eigenvalue weighted by molar-refractivity contribution is -0.122. The Morgan fingerprint density at radius 2 is 1.87 bits per heavy atom. The lowest BCUT2D eigenvalue weighted by Gasteiger charge is -2.16. The highest BCUT2D eigenvalue weighted by molar-refractivity contribution is 8.18. The van der Waals surface area contributed by atoms with Crippen molar-refractivity contribution in [3.05, 3.63) is 69.6 Å². The first-order valence-corrected chi connectivity index (χ1v) is 11.3. The van der Waals surface area contributed by atoms with Crippen molar-refractivity contribution in [3.8, 4) is 5.75 Å². The van der Waals surface area contributed by atoms with E-state index in [0.717, 1.165) is 47.0 Å². The maximum Gasteiger partial charge on any atom is 0.293 e. The smallest absolute Gasteiger partial charge is 0.293 e. The molecule has 0 spiro atoms. The molecule has 1 heterocycles. The van der Waals surface area contributed by atoms with Crippen molar-refractivity contribution >= 4 is 29.0 Å². The number of ether oxygens (including phenoxy) is 1. The van der Waals surface area contributed by atoms with Crippen LogP contribution >= 0.6 is 11.8 Å². The Kier molecular flexibility index (Phi) is 7.38. The number of carbonyl (C=O) groups is 2. The Bertz CT molecular complexity index is 950. The van der Waals surface area contributed by atoms with Crippen LogP contribution in [0.4, 0.5) is 4.79 Å². The van der Waals surface area contributed by atoms with Crippen LogP contribution in [0.25, 0.3) is 6.08 Å². The second-order valence-electron chi connectivity index (χ2n) is 7.76. The van der Waals surface area contributed by atoms with E-state index in [1.54, 1.807) is 0 Å². The van der Waals surface area contributed by atoms with E-state index in [1.807, 2.05) is 44.2 Å². The summed E-state index contributed by atoms with van der Waals surface area (Å²) < 4.78 is 5.78. The molecule has 0 N–H and O–H groups in total. The van der Waals surface area contributed by atoms with Crippen molar-refractivity contribution in [3.63, 3.8) is 0 Å². The standard InChI is InChI=1S/C25H29NO3S/c1-5-29-22-14-18(4)20(15-21(22)17(2)3)16-23-24(27)26(25(28)30-23)13-9-12-19-10-7-6-8-11-19/h6-8,10-11,14-17H,5,9,12-13H2,1-4H3. The van der Waals surface area contributed by atoms with E-state index in [2.05, 4.69) is 32.0 Å². The lowest BCUT2D eigenvalue weighted by atomic mass is 9.96. The average Bonchev–Trinajstić information content (AvgIpc) is 2.98. The van der Waals surface area contributed by atoms with Gasteiger partial charge in [-0.05, 0) is 84.8 Å². The Balaban J connectivity index is 1.75. The van der Waals surface area contributed by atoms with Crippen LogP contribution in [0, 0.1) is 6.92 Å². The van der Waals surface area contributed by atoms with E-state index in [-0.39, 0.29) is 11.1 Å². The van der Waals surface area contributed by atoms with Crippen LogP contribution in [0.15, 0.2) is 47.4 Å². The van der Waals surface area contributed by atoms with Gasteiger partial charge >= 0.3 is 0 Å². The van der Waals surface area contributed by atoms with Crippen LogP contribution in [0.1, 0.15) is 55.4 Å². The molecule has 2 aromatic carbocycles. The Hall–Kier alpha value is -2.53. The number of aryl methyl sites for hydroxylation is 2. The molecule has 158 valence electrons. The van der Waals surface area contributed by atoms with Crippen LogP contribution in [0.2, 0.25) is 0 Å². The average molecular weight is 424 g/mol. The van der Waals surface area contributed by atoms with E-state index in [4.69, 9.17) is 4.74 Å². The zero-order valence-corrected chi connectivity index (χ0v) is 18.9. The largest absolute Gasteiger partial charge is 0.494 e. The minimum atomic E-state index is -0.197. The van der Waals surface area contributed by atoms with Crippen molar-refractivity contribution in [2.75, 3.05) is 13.2 Å². The summed E-state index contributed by atoms with van der Waals surface area (Å²) in [6.45, 7) is 9.27. The van der Waals surface area contributed by atoms with Crippen LogP contribution in [-0.2, 0) is 11.2 Å². The summed E-state index contributed by atoms with van der Waals surface area (Å²) in [5, 5.41) is -0.188. The lowest BCUT2D eigenvalue weighted by Crippen LogP contribution is -2.29. The molecule has 0 unspecified atom stereocenters. The Morgan fingerprint density at radius 1 is 1.13 bits per heavy atom. The normalized spacial score (nSPS) is 15.5. The first kappa shape index (κ1) is 22.2. The first-order chi connectivity index (χ1) is 14.4. The topological polar surface area (TPSA) is 46.6 Å². The predicted molar refractivity (Wildman–Crippen MR) is 124 cm³/mol. The summed E-state index contributed by atoms with van der Waals surface area (Å²) in [4.78, 5) is 27.1. The quantitative estimate of drug-likeness (QED) is 0.475. The Labute approximate surface area is 183 Å². The highest BCUT2D eigenvalue weighted by atomic mass is 32.2. The number of rotatable bonds is 8. The number of imide groups is 1. The van der Waals surface area contributed by atoms with Crippen molar-refractivity contribution in [1.29, 1.82) is 0 Å². The molecule has 5 heteroatoms. The van der Waals surface area contributed by atoms with E-state index >= 15 is 0 Å². The molecule has 0 aliphatic carbocycles. The van der Waals surface area contributed by atoms with Crippen molar-refractivity contribution in [2.24, 2.45) is 0 Å². The molecule has 30 heavy (non-hydrogen) atoms. The van der Waals surface area contributed by atoms with Gasteiger partial charge in [0.05, 0.1) is 11.5 Å². The number of benzene rings is 2. The number of carbonyl (C=O) groups excluding carboxylic acids is 2. The van der Waals surface area contributed by atoms with Gasteiger partial charge in [0.15, 0.2) is 0 Å². The summed E-state index contributed by atoms with van der Waals surface area (Å²) >= 11 is 1.03. The van der Waals surface area contributed by atoms with E-state index in [9.17, 15) is 9.59 Å².